The Morgan fingerprint density at radius 1 is 1.29 bits per heavy atom. The van der Waals surface area contributed by atoms with Crippen LogP contribution >= 0.6 is 0 Å². The van der Waals surface area contributed by atoms with E-state index >= 15 is 0 Å². The van der Waals surface area contributed by atoms with Gasteiger partial charge in [0.1, 0.15) is 5.82 Å². The summed E-state index contributed by atoms with van der Waals surface area (Å²) in [6.45, 7) is 7.91. The first kappa shape index (κ1) is 12.3. The fourth-order valence-electron chi connectivity index (χ4n) is 2.28. The first-order valence-electron chi connectivity index (χ1n) is 6.40. The molecule has 0 aliphatic carbocycles. The lowest BCUT2D eigenvalue weighted by Crippen LogP contribution is -2.38. The normalized spacial score (nSPS) is 20.4. The summed E-state index contributed by atoms with van der Waals surface area (Å²) < 4.78 is 0. The molecule has 0 spiro atoms. The molecule has 2 heterocycles. The van der Waals surface area contributed by atoms with Crippen LogP contribution < -0.4 is 5.73 Å². The molecule has 0 radical (unpaired) electrons. The Morgan fingerprint density at radius 3 is 2.53 bits per heavy atom. The monoisotopic (exact) mass is 234 g/mol. The molecule has 0 saturated carbocycles. The van der Waals surface area contributed by atoms with Crippen LogP contribution in [0.4, 0.5) is 5.82 Å². The van der Waals surface area contributed by atoms with Crippen molar-refractivity contribution in [2.75, 3.05) is 18.8 Å². The summed E-state index contributed by atoms with van der Waals surface area (Å²) in [5.74, 6) is 0.492. The summed E-state index contributed by atoms with van der Waals surface area (Å²) in [7, 11) is 0. The van der Waals surface area contributed by atoms with Crippen LogP contribution in [0.5, 0.6) is 0 Å². The van der Waals surface area contributed by atoms with Crippen molar-refractivity contribution in [2.45, 2.75) is 39.7 Å². The van der Waals surface area contributed by atoms with Crippen LogP contribution in [0, 0.1) is 5.41 Å². The third kappa shape index (κ3) is 3.16. The second-order valence-electron chi connectivity index (χ2n) is 5.37. The first-order chi connectivity index (χ1) is 8.11. The van der Waals surface area contributed by atoms with Gasteiger partial charge in [-0.15, -0.1) is 0 Å². The van der Waals surface area contributed by atoms with Gasteiger partial charge in [-0.3, -0.25) is 9.88 Å². The van der Waals surface area contributed by atoms with E-state index in [-0.39, 0.29) is 0 Å². The molecule has 0 aromatic carbocycles. The smallest absolute Gasteiger partial charge is 0.141 e. The molecule has 0 unspecified atom stereocenters. The number of hydrogen-bond donors (Lipinski definition) is 1. The average Bonchev–Trinajstić information content (AvgIpc) is 2.35. The SMILES string of the molecule is CCC1(C)CCN(Cc2cnc(N)cn2)CC1. The number of likely N-dealkylation sites (tertiary alicyclic amines) is 1. The van der Waals surface area contributed by atoms with Gasteiger partial charge in [0, 0.05) is 6.54 Å². The summed E-state index contributed by atoms with van der Waals surface area (Å²) in [5.41, 5.74) is 7.08. The van der Waals surface area contributed by atoms with E-state index in [0.29, 0.717) is 11.2 Å². The molecule has 94 valence electrons. The molecule has 0 bridgehead atoms. The highest BCUT2D eigenvalue weighted by Crippen LogP contribution is 2.34. The maximum Gasteiger partial charge on any atom is 0.141 e. The molecule has 0 amide bonds. The minimum absolute atomic E-state index is 0.492. The van der Waals surface area contributed by atoms with Gasteiger partial charge in [-0.2, -0.15) is 0 Å². The largest absolute Gasteiger partial charge is 0.382 e. The van der Waals surface area contributed by atoms with E-state index in [0.717, 1.165) is 25.3 Å². The molecule has 1 aliphatic heterocycles. The number of anilines is 1. The quantitative estimate of drug-likeness (QED) is 0.870. The molecule has 2 N–H and O–H groups in total. The van der Waals surface area contributed by atoms with E-state index in [1.807, 2.05) is 0 Å². The highest BCUT2D eigenvalue weighted by atomic mass is 15.1. The zero-order valence-corrected chi connectivity index (χ0v) is 10.8. The Kier molecular flexibility index (Phi) is 3.62. The van der Waals surface area contributed by atoms with E-state index in [4.69, 9.17) is 5.73 Å². The van der Waals surface area contributed by atoms with E-state index in [9.17, 15) is 0 Å². The number of nitrogens with two attached hydrogens (primary N) is 1. The summed E-state index contributed by atoms with van der Waals surface area (Å²) >= 11 is 0. The molecule has 17 heavy (non-hydrogen) atoms. The van der Waals surface area contributed by atoms with Crippen molar-refractivity contribution in [1.29, 1.82) is 0 Å². The molecule has 1 aromatic rings. The van der Waals surface area contributed by atoms with Gasteiger partial charge in [-0.25, -0.2) is 4.98 Å². The average molecular weight is 234 g/mol. The Labute approximate surface area is 103 Å². The van der Waals surface area contributed by atoms with Gasteiger partial charge < -0.3 is 5.73 Å². The zero-order valence-electron chi connectivity index (χ0n) is 10.8. The molecule has 1 aromatic heterocycles. The Morgan fingerprint density at radius 2 is 2.00 bits per heavy atom. The van der Waals surface area contributed by atoms with Crippen LogP contribution in [0.15, 0.2) is 12.4 Å². The minimum atomic E-state index is 0.492. The molecule has 1 aliphatic rings. The van der Waals surface area contributed by atoms with Crippen molar-refractivity contribution < 1.29 is 0 Å². The number of hydrogen-bond acceptors (Lipinski definition) is 4. The second kappa shape index (κ2) is 5.00. The van der Waals surface area contributed by atoms with Gasteiger partial charge in [0.25, 0.3) is 0 Å². The standard InChI is InChI=1S/C13H22N4/c1-3-13(2)4-6-17(7-5-13)10-11-8-16-12(14)9-15-11/h8-9H,3-7,10H2,1-2H3,(H2,14,16). The van der Waals surface area contributed by atoms with Gasteiger partial charge in [0.2, 0.25) is 0 Å². The summed E-state index contributed by atoms with van der Waals surface area (Å²) in [5, 5.41) is 0. The van der Waals surface area contributed by atoms with Gasteiger partial charge in [0.15, 0.2) is 0 Å². The van der Waals surface area contributed by atoms with Crippen LogP contribution in [-0.4, -0.2) is 28.0 Å². The molecule has 1 fully saturated rings. The van der Waals surface area contributed by atoms with Crippen LogP contribution in [0.1, 0.15) is 38.8 Å². The van der Waals surface area contributed by atoms with Gasteiger partial charge in [0.05, 0.1) is 18.1 Å². The van der Waals surface area contributed by atoms with Crippen LogP contribution in [-0.2, 0) is 6.54 Å². The van der Waals surface area contributed by atoms with Crippen molar-refractivity contribution >= 4 is 5.82 Å². The number of nitrogens with zero attached hydrogens (tertiary/aromatic N) is 3. The number of aromatic nitrogens is 2. The Bertz CT molecular complexity index is 352. The van der Waals surface area contributed by atoms with Crippen LogP contribution in [0.2, 0.25) is 0 Å². The van der Waals surface area contributed by atoms with Crippen molar-refractivity contribution in [3.63, 3.8) is 0 Å². The first-order valence-corrected chi connectivity index (χ1v) is 6.40. The van der Waals surface area contributed by atoms with Crippen molar-refractivity contribution in [3.8, 4) is 0 Å². The summed E-state index contributed by atoms with van der Waals surface area (Å²) in [6, 6.07) is 0. The second-order valence-corrected chi connectivity index (χ2v) is 5.37. The Hall–Kier alpha value is -1.16. The van der Waals surface area contributed by atoms with E-state index in [1.54, 1.807) is 12.4 Å². The maximum absolute atomic E-state index is 5.53. The molecule has 0 atom stereocenters. The Balaban J connectivity index is 1.88. The topological polar surface area (TPSA) is 55.0 Å². The van der Waals surface area contributed by atoms with Gasteiger partial charge >= 0.3 is 0 Å². The highest BCUT2D eigenvalue weighted by molar-refractivity contribution is 5.22. The molecular formula is C13H22N4. The van der Waals surface area contributed by atoms with Crippen molar-refractivity contribution in [1.82, 2.24) is 14.9 Å². The summed E-state index contributed by atoms with van der Waals surface area (Å²) in [6.07, 6.45) is 7.26. The number of nitrogen functional groups attached to an aromatic ring is 1. The number of piperidine rings is 1. The van der Waals surface area contributed by atoms with E-state index in [2.05, 4.69) is 28.7 Å². The fraction of sp³-hybridized carbons (Fsp3) is 0.692. The van der Waals surface area contributed by atoms with Crippen LogP contribution in [0.25, 0.3) is 0 Å². The fourth-order valence-corrected chi connectivity index (χ4v) is 2.28. The van der Waals surface area contributed by atoms with E-state index in [1.165, 1.54) is 19.3 Å². The van der Waals surface area contributed by atoms with Crippen LogP contribution in [0.3, 0.4) is 0 Å². The lowest BCUT2D eigenvalue weighted by Gasteiger charge is -2.38. The molecular weight excluding hydrogens is 212 g/mol. The third-order valence-electron chi connectivity index (χ3n) is 4.03. The lowest BCUT2D eigenvalue weighted by atomic mass is 9.78. The maximum atomic E-state index is 5.53. The highest BCUT2D eigenvalue weighted by Gasteiger charge is 2.28. The predicted molar refractivity (Wildman–Crippen MR) is 69.4 cm³/mol. The molecule has 1 saturated heterocycles. The third-order valence-corrected chi connectivity index (χ3v) is 4.03. The number of rotatable bonds is 3. The van der Waals surface area contributed by atoms with Crippen molar-refractivity contribution in [3.05, 3.63) is 18.1 Å². The summed E-state index contributed by atoms with van der Waals surface area (Å²) in [4.78, 5) is 10.8. The molecule has 4 heteroatoms. The van der Waals surface area contributed by atoms with E-state index < -0.39 is 0 Å². The van der Waals surface area contributed by atoms with Gasteiger partial charge in [-0.1, -0.05) is 20.3 Å². The molecule has 4 nitrogen and oxygen atoms in total. The molecule has 2 rings (SSSR count). The lowest BCUT2D eigenvalue weighted by molar-refractivity contribution is 0.108. The zero-order chi connectivity index (χ0) is 12.3. The minimum Gasteiger partial charge on any atom is -0.382 e. The predicted octanol–water partition coefficient (Wildman–Crippen LogP) is 2.07. The van der Waals surface area contributed by atoms with Crippen molar-refractivity contribution in [2.24, 2.45) is 5.41 Å². The van der Waals surface area contributed by atoms with Gasteiger partial charge in [-0.05, 0) is 31.3 Å².